The molecule has 3 nitrogen and oxygen atoms in total. The number of aryl methyl sites for hydroxylation is 1. The molecular formula is C19H23NO2. The molecule has 0 saturated carbocycles. The third-order valence-corrected chi connectivity index (χ3v) is 3.87. The third-order valence-electron chi connectivity index (χ3n) is 3.87. The van der Waals surface area contributed by atoms with Crippen LogP contribution in [0.15, 0.2) is 48.5 Å². The molecule has 1 fully saturated rings. The molecule has 1 heterocycles. The lowest BCUT2D eigenvalue weighted by Crippen LogP contribution is -2.16. The van der Waals surface area contributed by atoms with E-state index in [9.17, 15) is 0 Å². The van der Waals surface area contributed by atoms with Crippen molar-refractivity contribution in [3.05, 3.63) is 59.7 Å². The van der Waals surface area contributed by atoms with Crippen LogP contribution in [0, 0.1) is 6.92 Å². The van der Waals surface area contributed by atoms with E-state index in [4.69, 9.17) is 9.47 Å². The maximum Gasteiger partial charge on any atom is 0.121 e. The number of rotatable bonds is 6. The van der Waals surface area contributed by atoms with Crippen LogP contribution in [0.2, 0.25) is 0 Å². The van der Waals surface area contributed by atoms with Crippen molar-refractivity contribution in [2.24, 2.45) is 0 Å². The monoisotopic (exact) mass is 297 g/mol. The summed E-state index contributed by atoms with van der Waals surface area (Å²) in [4.78, 5) is 0. The molecule has 3 heteroatoms. The van der Waals surface area contributed by atoms with Crippen LogP contribution in [-0.2, 0) is 11.3 Å². The SMILES string of the molecule is Cc1cccc(CNc2cccc(OCC3CCCO3)c2)c1. The van der Waals surface area contributed by atoms with E-state index in [1.165, 1.54) is 11.1 Å². The highest BCUT2D eigenvalue weighted by Crippen LogP contribution is 2.20. The first-order chi connectivity index (χ1) is 10.8. The largest absolute Gasteiger partial charge is 0.491 e. The molecule has 2 aromatic rings. The van der Waals surface area contributed by atoms with E-state index in [2.05, 4.69) is 42.6 Å². The molecular weight excluding hydrogens is 274 g/mol. The van der Waals surface area contributed by atoms with Gasteiger partial charge in [-0.25, -0.2) is 0 Å². The van der Waals surface area contributed by atoms with Crippen LogP contribution in [0.4, 0.5) is 5.69 Å². The predicted molar refractivity (Wildman–Crippen MR) is 89.4 cm³/mol. The minimum Gasteiger partial charge on any atom is -0.491 e. The maximum absolute atomic E-state index is 5.84. The van der Waals surface area contributed by atoms with Gasteiger partial charge in [0.05, 0.1) is 6.10 Å². The van der Waals surface area contributed by atoms with E-state index in [1.807, 2.05) is 18.2 Å². The Balaban J connectivity index is 1.54. The Bertz CT molecular complexity index is 606. The van der Waals surface area contributed by atoms with Crippen molar-refractivity contribution in [2.45, 2.75) is 32.4 Å². The first-order valence-electron chi connectivity index (χ1n) is 7.93. The average Bonchev–Trinajstić information content (AvgIpc) is 3.05. The first kappa shape index (κ1) is 14.9. The number of ether oxygens (including phenoxy) is 2. The minimum absolute atomic E-state index is 0.254. The molecule has 1 saturated heterocycles. The summed E-state index contributed by atoms with van der Waals surface area (Å²) in [6.45, 7) is 4.44. The summed E-state index contributed by atoms with van der Waals surface area (Å²) in [6.07, 6.45) is 2.50. The van der Waals surface area contributed by atoms with E-state index >= 15 is 0 Å². The molecule has 1 unspecified atom stereocenters. The molecule has 116 valence electrons. The molecule has 1 atom stereocenters. The lowest BCUT2D eigenvalue weighted by Gasteiger charge is -2.13. The molecule has 0 aromatic heterocycles. The Morgan fingerprint density at radius 2 is 2.09 bits per heavy atom. The fourth-order valence-corrected chi connectivity index (χ4v) is 2.69. The smallest absolute Gasteiger partial charge is 0.121 e. The van der Waals surface area contributed by atoms with Crippen molar-refractivity contribution in [3.8, 4) is 5.75 Å². The van der Waals surface area contributed by atoms with E-state index in [-0.39, 0.29) is 6.10 Å². The van der Waals surface area contributed by atoms with Crippen molar-refractivity contribution in [1.82, 2.24) is 0 Å². The van der Waals surface area contributed by atoms with E-state index in [1.54, 1.807) is 0 Å². The van der Waals surface area contributed by atoms with Crippen molar-refractivity contribution < 1.29 is 9.47 Å². The van der Waals surface area contributed by atoms with Crippen LogP contribution in [0.5, 0.6) is 5.75 Å². The van der Waals surface area contributed by atoms with Gasteiger partial charge < -0.3 is 14.8 Å². The molecule has 0 amide bonds. The van der Waals surface area contributed by atoms with E-state index in [0.717, 1.165) is 37.4 Å². The average molecular weight is 297 g/mol. The summed E-state index contributed by atoms with van der Waals surface area (Å²) in [7, 11) is 0. The summed E-state index contributed by atoms with van der Waals surface area (Å²) in [5.74, 6) is 0.893. The van der Waals surface area contributed by atoms with Gasteiger partial charge in [-0.15, -0.1) is 0 Å². The molecule has 3 rings (SSSR count). The second kappa shape index (κ2) is 7.32. The van der Waals surface area contributed by atoms with Gasteiger partial charge >= 0.3 is 0 Å². The van der Waals surface area contributed by atoms with Crippen LogP contribution in [0.1, 0.15) is 24.0 Å². The Labute approximate surface area is 132 Å². The van der Waals surface area contributed by atoms with Gasteiger partial charge in [0.25, 0.3) is 0 Å². The highest BCUT2D eigenvalue weighted by Gasteiger charge is 2.15. The van der Waals surface area contributed by atoms with Gasteiger partial charge in [-0.05, 0) is 37.5 Å². The third kappa shape index (κ3) is 4.25. The van der Waals surface area contributed by atoms with Crippen LogP contribution in [0.25, 0.3) is 0 Å². The van der Waals surface area contributed by atoms with Crippen LogP contribution < -0.4 is 10.1 Å². The van der Waals surface area contributed by atoms with Gasteiger partial charge in [0.2, 0.25) is 0 Å². The fraction of sp³-hybridized carbons (Fsp3) is 0.368. The Morgan fingerprint density at radius 3 is 2.91 bits per heavy atom. The number of hydrogen-bond donors (Lipinski definition) is 1. The van der Waals surface area contributed by atoms with Gasteiger partial charge in [-0.2, -0.15) is 0 Å². The second-order valence-electron chi connectivity index (χ2n) is 5.82. The molecule has 0 aliphatic carbocycles. The molecule has 0 spiro atoms. The summed E-state index contributed by atoms with van der Waals surface area (Å²) in [5, 5.41) is 3.45. The van der Waals surface area contributed by atoms with E-state index < -0.39 is 0 Å². The molecule has 1 aliphatic rings. The van der Waals surface area contributed by atoms with Crippen molar-refractivity contribution in [2.75, 3.05) is 18.5 Å². The minimum atomic E-state index is 0.254. The van der Waals surface area contributed by atoms with Gasteiger partial charge in [-0.3, -0.25) is 0 Å². The lowest BCUT2D eigenvalue weighted by molar-refractivity contribution is 0.0680. The zero-order valence-corrected chi connectivity index (χ0v) is 13.0. The number of benzene rings is 2. The summed E-state index contributed by atoms with van der Waals surface area (Å²) in [5.41, 5.74) is 3.64. The maximum atomic E-state index is 5.84. The zero-order valence-electron chi connectivity index (χ0n) is 13.0. The molecule has 22 heavy (non-hydrogen) atoms. The Hall–Kier alpha value is -2.00. The van der Waals surface area contributed by atoms with Crippen molar-refractivity contribution in [1.29, 1.82) is 0 Å². The highest BCUT2D eigenvalue weighted by atomic mass is 16.5. The predicted octanol–water partition coefficient (Wildman–Crippen LogP) is 4.16. The molecule has 0 bridgehead atoms. The molecule has 1 aliphatic heterocycles. The van der Waals surface area contributed by atoms with Gasteiger partial charge in [-0.1, -0.05) is 35.9 Å². The highest BCUT2D eigenvalue weighted by molar-refractivity contribution is 5.48. The summed E-state index contributed by atoms with van der Waals surface area (Å²) >= 11 is 0. The molecule has 1 N–H and O–H groups in total. The normalized spacial score (nSPS) is 17.4. The van der Waals surface area contributed by atoms with E-state index in [0.29, 0.717) is 6.61 Å². The van der Waals surface area contributed by atoms with Crippen molar-refractivity contribution >= 4 is 5.69 Å². The van der Waals surface area contributed by atoms with Crippen LogP contribution in [-0.4, -0.2) is 19.3 Å². The number of hydrogen-bond acceptors (Lipinski definition) is 3. The Kier molecular flexibility index (Phi) is 4.96. The molecule has 0 radical (unpaired) electrons. The number of nitrogens with one attached hydrogen (secondary N) is 1. The van der Waals surface area contributed by atoms with Gasteiger partial charge in [0.1, 0.15) is 12.4 Å². The first-order valence-corrected chi connectivity index (χ1v) is 7.93. The second-order valence-corrected chi connectivity index (χ2v) is 5.82. The fourth-order valence-electron chi connectivity index (χ4n) is 2.69. The molecule has 2 aromatic carbocycles. The van der Waals surface area contributed by atoms with Crippen LogP contribution >= 0.6 is 0 Å². The summed E-state index contributed by atoms with van der Waals surface area (Å²) in [6, 6.07) is 16.7. The lowest BCUT2D eigenvalue weighted by atomic mass is 10.1. The standard InChI is InChI=1S/C19H23NO2/c1-15-5-2-6-16(11-15)13-20-17-7-3-8-18(12-17)22-14-19-9-4-10-21-19/h2-3,5-8,11-12,19-20H,4,9-10,13-14H2,1H3. The van der Waals surface area contributed by atoms with Gasteiger partial charge in [0, 0.05) is 24.9 Å². The van der Waals surface area contributed by atoms with Crippen LogP contribution in [0.3, 0.4) is 0 Å². The topological polar surface area (TPSA) is 30.5 Å². The van der Waals surface area contributed by atoms with Gasteiger partial charge in [0.15, 0.2) is 0 Å². The van der Waals surface area contributed by atoms with Crippen molar-refractivity contribution in [3.63, 3.8) is 0 Å². The number of anilines is 1. The zero-order chi connectivity index (χ0) is 15.2. The summed E-state index contributed by atoms with van der Waals surface area (Å²) < 4.78 is 11.4. The quantitative estimate of drug-likeness (QED) is 0.868. The Morgan fingerprint density at radius 1 is 1.18 bits per heavy atom.